The van der Waals surface area contributed by atoms with Crippen LogP contribution in [0.15, 0.2) is 18.2 Å². The van der Waals surface area contributed by atoms with Gasteiger partial charge in [-0.2, -0.15) is 0 Å². The summed E-state index contributed by atoms with van der Waals surface area (Å²) in [5, 5.41) is 10.1. The summed E-state index contributed by atoms with van der Waals surface area (Å²) in [4.78, 5) is 27.6. The van der Waals surface area contributed by atoms with Gasteiger partial charge in [0.1, 0.15) is 18.1 Å². The number of carbonyl (C=O) groups excluding carboxylic acids is 2. The summed E-state index contributed by atoms with van der Waals surface area (Å²) >= 11 is 12.4. The van der Waals surface area contributed by atoms with E-state index in [-0.39, 0.29) is 25.0 Å². The fourth-order valence-corrected chi connectivity index (χ4v) is 2.68. The van der Waals surface area contributed by atoms with Crippen LogP contribution in [0.5, 0.6) is 0 Å². The molecular weight excluding hydrogens is 381 g/mol. The summed E-state index contributed by atoms with van der Waals surface area (Å²) in [6.45, 7) is 4.36. The Hall–Kier alpha value is -2.32. The quantitative estimate of drug-likeness (QED) is 0.550. The molecule has 2 amide bonds. The lowest BCUT2D eigenvalue weighted by molar-refractivity contribution is 0.0496. The summed E-state index contributed by atoms with van der Waals surface area (Å²) in [6.07, 6.45) is 0.514. The second kappa shape index (κ2) is 9.40. The van der Waals surface area contributed by atoms with Crippen molar-refractivity contribution in [2.45, 2.75) is 20.3 Å². The van der Waals surface area contributed by atoms with E-state index in [1.807, 2.05) is 6.92 Å². The van der Waals surface area contributed by atoms with Gasteiger partial charge in [0.25, 0.3) is 5.82 Å². The molecule has 1 aromatic heterocycles. The Morgan fingerprint density at radius 3 is 2.50 bits per heavy atom. The predicted octanol–water partition coefficient (Wildman–Crippen LogP) is 2.61. The van der Waals surface area contributed by atoms with Crippen LogP contribution in [0.25, 0.3) is 5.69 Å². The molecule has 0 atom stereocenters. The number of amides is 2. The van der Waals surface area contributed by atoms with E-state index in [2.05, 4.69) is 20.7 Å². The second-order valence-corrected chi connectivity index (χ2v) is 5.92. The standard InChI is InChI=1S/C16H19Cl2N5O3/c1-3-12-21-14(15(24)26-9-8-20-16(25)19-4-2)22-23(12)13-10(17)6-5-7-11(13)18/h5-7H,3-4,8-9H2,1-2H3,(H2,19,20,25). The van der Waals surface area contributed by atoms with Crippen LogP contribution in [0.3, 0.4) is 0 Å². The number of esters is 1. The predicted molar refractivity (Wildman–Crippen MR) is 98.1 cm³/mol. The molecule has 2 aromatic rings. The van der Waals surface area contributed by atoms with Crippen molar-refractivity contribution < 1.29 is 14.3 Å². The van der Waals surface area contributed by atoms with Gasteiger partial charge in [-0.15, -0.1) is 5.10 Å². The van der Waals surface area contributed by atoms with Crippen LogP contribution in [0.4, 0.5) is 4.79 Å². The van der Waals surface area contributed by atoms with E-state index in [0.29, 0.717) is 34.5 Å². The Labute approximate surface area is 160 Å². The Bertz CT molecular complexity index is 774. The summed E-state index contributed by atoms with van der Waals surface area (Å²) in [7, 11) is 0. The summed E-state index contributed by atoms with van der Waals surface area (Å²) in [5.41, 5.74) is 0.456. The van der Waals surface area contributed by atoms with Crippen molar-refractivity contribution in [3.8, 4) is 5.69 Å². The topological polar surface area (TPSA) is 98.1 Å². The molecule has 26 heavy (non-hydrogen) atoms. The highest BCUT2D eigenvalue weighted by Crippen LogP contribution is 2.28. The lowest BCUT2D eigenvalue weighted by Crippen LogP contribution is -2.37. The lowest BCUT2D eigenvalue weighted by Gasteiger charge is -2.08. The van der Waals surface area contributed by atoms with Crippen LogP contribution in [0, 0.1) is 0 Å². The lowest BCUT2D eigenvalue weighted by atomic mass is 10.3. The smallest absolute Gasteiger partial charge is 0.378 e. The van der Waals surface area contributed by atoms with E-state index in [0.717, 1.165) is 0 Å². The van der Waals surface area contributed by atoms with Crippen LogP contribution in [-0.2, 0) is 11.2 Å². The van der Waals surface area contributed by atoms with Crippen LogP contribution in [0.2, 0.25) is 10.0 Å². The third-order valence-electron chi connectivity index (χ3n) is 3.28. The number of aromatic nitrogens is 3. The van der Waals surface area contributed by atoms with E-state index in [4.69, 9.17) is 27.9 Å². The maximum atomic E-state index is 12.1. The number of urea groups is 1. The Balaban J connectivity index is 2.08. The monoisotopic (exact) mass is 399 g/mol. The first-order valence-electron chi connectivity index (χ1n) is 8.07. The third-order valence-corrected chi connectivity index (χ3v) is 3.89. The number of halogens is 2. The van der Waals surface area contributed by atoms with E-state index < -0.39 is 5.97 Å². The number of benzene rings is 1. The van der Waals surface area contributed by atoms with Gasteiger partial charge in [-0.05, 0) is 19.1 Å². The summed E-state index contributed by atoms with van der Waals surface area (Å²) in [5.74, 6) is -0.275. The van der Waals surface area contributed by atoms with E-state index >= 15 is 0 Å². The van der Waals surface area contributed by atoms with Crippen LogP contribution >= 0.6 is 23.2 Å². The van der Waals surface area contributed by atoms with Gasteiger partial charge in [-0.1, -0.05) is 36.2 Å². The number of aryl methyl sites for hydroxylation is 1. The SMILES string of the molecule is CCNC(=O)NCCOC(=O)c1nc(CC)n(-c2c(Cl)cccc2Cl)n1. The normalized spacial score (nSPS) is 10.5. The zero-order chi connectivity index (χ0) is 19.1. The fourth-order valence-electron chi connectivity index (χ4n) is 2.13. The number of nitrogens with zero attached hydrogens (tertiary/aromatic N) is 3. The van der Waals surface area contributed by atoms with Crippen LogP contribution in [-0.4, -0.2) is 46.5 Å². The largest absolute Gasteiger partial charge is 0.458 e. The molecule has 0 aliphatic carbocycles. The Kier molecular flexibility index (Phi) is 7.23. The minimum Gasteiger partial charge on any atom is -0.458 e. The highest BCUT2D eigenvalue weighted by atomic mass is 35.5. The van der Waals surface area contributed by atoms with Crippen molar-refractivity contribution >= 4 is 35.2 Å². The molecular formula is C16H19Cl2N5O3. The van der Waals surface area contributed by atoms with Gasteiger partial charge in [0, 0.05) is 13.0 Å². The van der Waals surface area contributed by atoms with Crippen LogP contribution in [0.1, 0.15) is 30.3 Å². The zero-order valence-corrected chi connectivity index (χ0v) is 15.9. The zero-order valence-electron chi connectivity index (χ0n) is 14.4. The highest BCUT2D eigenvalue weighted by Gasteiger charge is 2.20. The number of rotatable bonds is 7. The average molecular weight is 400 g/mol. The van der Waals surface area contributed by atoms with Gasteiger partial charge in [0.2, 0.25) is 0 Å². The number of ether oxygens (including phenoxy) is 1. The minimum atomic E-state index is -0.695. The summed E-state index contributed by atoms with van der Waals surface area (Å²) < 4.78 is 6.52. The third kappa shape index (κ3) is 4.86. The van der Waals surface area contributed by atoms with E-state index in [1.165, 1.54) is 4.68 Å². The number of para-hydroxylation sites is 1. The molecule has 0 spiro atoms. The molecule has 0 fully saturated rings. The number of carbonyl (C=O) groups is 2. The second-order valence-electron chi connectivity index (χ2n) is 5.11. The molecule has 0 unspecified atom stereocenters. The van der Waals surface area contributed by atoms with Gasteiger partial charge in [0.15, 0.2) is 0 Å². The first kappa shape index (κ1) is 20.0. The minimum absolute atomic E-state index is 0.00118. The molecule has 0 aliphatic heterocycles. The maximum absolute atomic E-state index is 12.1. The molecule has 0 aliphatic rings. The molecule has 10 heteroatoms. The highest BCUT2D eigenvalue weighted by molar-refractivity contribution is 6.37. The molecule has 1 aromatic carbocycles. The van der Waals surface area contributed by atoms with E-state index in [1.54, 1.807) is 25.1 Å². The molecule has 0 saturated carbocycles. The van der Waals surface area contributed by atoms with Gasteiger partial charge < -0.3 is 15.4 Å². The molecule has 0 saturated heterocycles. The molecule has 2 N–H and O–H groups in total. The average Bonchev–Trinajstić information content (AvgIpc) is 3.03. The molecule has 0 radical (unpaired) electrons. The van der Waals surface area contributed by atoms with Gasteiger partial charge in [0.05, 0.1) is 16.6 Å². The first-order chi connectivity index (χ1) is 12.5. The molecule has 8 nitrogen and oxygen atoms in total. The van der Waals surface area contributed by atoms with Gasteiger partial charge in [-0.3, -0.25) is 0 Å². The van der Waals surface area contributed by atoms with Crippen molar-refractivity contribution in [1.82, 2.24) is 25.4 Å². The molecule has 1 heterocycles. The van der Waals surface area contributed by atoms with Crippen molar-refractivity contribution in [2.75, 3.05) is 19.7 Å². The Morgan fingerprint density at radius 2 is 1.88 bits per heavy atom. The van der Waals surface area contributed by atoms with Crippen molar-refractivity contribution in [3.05, 3.63) is 39.9 Å². The fraction of sp³-hybridized carbons (Fsp3) is 0.375. The maximum Gasteiger partial charge on any atom is 0.378 e. The molecule has 2 rings (SSSR count). The van der Waals surface area contributed by atoms with E-state index in [9.17, 15) is 9.59 Å². The van der Waals surface area contributed by atoms with Crippen molar-refractivity contribution in [1.29, 1.82) is 0 Å². The molecule has 0 bridgehead atoms. The number of hydrogen-bond acceptors (Lipinski definition) is 5. The Morgan fingerprint density at radius 1 is 1.19 bits per heavy atom. The number of nitrogens with one attached hydrogen (secondary N) is 2. The van der Waals surface area contributed by atoms with Gasteiger partial charge in [-0.25, -0.2) is 19.3 Å². The van der Waals surface area contributed by atoms with Crippen molar-refractivity contribution in [3.63, 3.8) is 0 Å². The first-order valence-corrected chi connectivity index (χ1v) is 8.82. The number of hydrogen-bond donors (Lipinski definition) is 2. The van der Waals surface area contributed by atoms with Gasteiger partial charge >= 0.3 is 12.0 Å². The summed E-state index contributed by atoms with van der Waals surface area (Å²) in [6, 6.07) is 4.74. The molecule has 140 valence electrons. The van der Waals surface area contributed by atoms with Crippen molar-refractivity contribution in [2.24, 2.45) is 0 Å². The van der Waals surface area contributed by atoms with Crippen LogP contribution < -0.4 is 10.6 Å².